The maximum Gasteiger partial charge on any atom is 0.141 e. The van der Waals surface area contributed by atoms with Crippen LogP contribution in [0.15, 0.2) is 24.5 Å². The fraction of sp³-hybridized carbons (Fsp3) is 0.385. The van der Waals surface area contributed by atoms with Crippen molar-refractivity contribution in [2.45, 2.75) is 32.0 Å². The van der Waals surface area contributed by atoms with E-state index in [0.29, 0.717) is 24.7 Å². The van der Waals surface area contributed by atoms with Gasteiger partial charge in [0, 0.05) is 12.1 Å². The molecule has 1 fully saturated rings. The molecule has 0 amide bonds. The molecule has 6 heteroatoms. The Balaban J connectivity index is 1.72. The van der Waals surface area contributed by atoms with E-state index in [1.165, 1.54) is 31.3 Å². The Morgan fingerprint density at radius 1 is 1.21 bits per heavy atom. The van der Waals surface area contributed by atoms with Crippen LogP contribution in [0, 0.1) is 11.6 Å². The second kappa shape index (κ2) is 5.05. The van der Waals surface area contributed by atoms with Gasteiger partial charge in [-0.25, -0.2) is 18.4 Å². The minimum absolute atomic E-state index is 0.316. The molecule has 0 radical (unpaired) electrons. The van der Waals surface area contributed by atoms with Crippen molar-refractivity contribution in [1.29, 1.82) is 0 Å². The van der Waals surface area contributed by atoms with Gasteiger partial charge < -0.3 is 5.32 Å². The Bertz CT molecular complexity index is 558. The van der Waals surface area contributed by atoms with Gasteiger partial charge in [0.1, 0.15) is 23.8 Å². The van der Waals surface area contributed by atoms with E-state index in [2.05, 4.69) is 15.4 Å². The van der Waals surface area contributed by atoms with Crippen molar-refractivity contribution < 1.29 is 8.78 Å². The zero-order valence-electron chi connectivity index (χ0n) is 10.3. The number of rotatable bonds is 5. The molecular formula is C13H14F2N4. The molecule has 1 N–H and O–H groups in total. The van der Waals surface area contributed by atoms with E-state index in [1.54, 1.807) is 4.68 Å². The lowest BCUT2D eigenvalue weighted by atomic mass is 10.2. The van der Waals surface area contributed by atoms with Crippen LogP contribution in [-0.4, -0.2) is 20.8 Å². The molecule has 0 atom stereocenters. The van der Waals surface area contributed by atoms with Gasteiger partial charge in [0.25, 0.3) is 0 Å². The van der Waals surface area contributed by atoms with Gasteiger partial charge >= 0.3 is 0 Å². The standard InChI is InChI=1S/C13H14F2N4/c14-10-3-9(4-11(15)5-10)7-19-13(17-8-18-19)6-16-12-1-2-12/h3-5,8,12,16H,1-2,6-7H2. The molecule has 2 aromatic rings. The van der Waals surface area contributed by atoms with Gasteiger partial charge in [-0.3, -0.25) is 0 Å². The highest BCUT2D eigenvalue weighted by Gasteiger charge is 2.21. The highest BCUT2D eigenvalue weighted by atomic mass is 19.1. The van der Waals surface area contributed by atoms with Gasteiger partial charge in [-0.1, -0.05) is 0 Å². The van der Waals surface area contributed by atoms with Gasteiger partial charge in [0.2, 0.25) is 0 Å². The van der Waals surface area contributed by atoms with Gasteiger partial charge in [-0.15, -0.1) is 0 Å². The van der Waals surface area contributed by atoms with Crippen LogP contribution in [-0.2, 0) is 13.1 Å². The smallest absolute Gasteiger partial charge is 0.141 e. The third-order valence-corrected chi connectivity index (χ3v) is 3.08. The highest BCUT2D eigenvalue weighted by molar-refractivity contribution is 5.18. The van der Waals surface area contributed by atoms with Crippen molar-refractivity contribution in [1.82, 2.24) is 20.1 Å². The monoisotopic (exact) mass is 264 g/mol. The Hall–Kier alpha value is -1.82. The summed E-state index contributed by atoms with van der Waals surface area (Å²) in [5, 5.41) is 7.43. The van der Waals surface area contributed by atoms with Crippen LogP contribution >= 0.6 is 0 Å². The summed E-state index contributed by atoms with van der Waals surface area (Å²) in [4.78, 5) is 4.16. The molecule has 3 rings (SSSR count). The van der Waals surface area contributed by atoms with Crippen molar-refractivity contribution in [2.24, 2.45) is 0 Å². The summed E-state index contributed by atoms with van der Waals surface area (Å²) in [6, 6.07) is 4.06. The minimum atomic E-state index is -0.576. The largest absolute Gasteiger partial charge is 0.307 e. The molecule has 0 unspecified atom stereocenters. The van der Waals surface area contributed by atoms with Crippen molar-refractivity contribution in [2.75, 3.05) is 0 Å². The first-order valence-electron chi connectivity index (χ1n) is 6.26. The number of nitrogens with one attached hydrogen (secondary N) is 1. The molecule has 1 heterocycles. The fourth-order valence-electron chi connectivity index (χ4n) is 1.96. The number of halogens is 2. The number of nitrogens with zero attached hydrogens (tertiary/aromatic N) is 3. The third kappa shape index (κ3) is 3.14. The second-order valence-electron chi connectivity index (χ2n) is 4.77. The molecule has 0 bridgehead atoms. The first-order chi connectivity index (χ1) is 9.20. The van der Waals surface area contributed by atoms with Crippen molar-refractivity contribution in [3.63, 3.8) is 0 Å². The van der Waals surface area contributed by atoms with Crippen molar-refractivity contribution in [3.05, 3.63) is 47.5 Å². The van der Waals surface area contributed by atoms with Crippen LogP contribution < -0.4 is 5.32 Å². The maximum atomic E-state index is 13.1. The summed E-state index contributed by atoms with van der Waals surface area (Å²) in [6.07, 6.45) is 3.85. The zero-order valence-corrected chi connectivity index (χ0v) is 10.3. The predicted molar refractivity (Wildman–Crippen MR) is 65.3 cm³/mol. The van der Waals surface area contributed by atoms with Gasteiger partial charge in [-0.05, 0) is 30.5 Å². The molecule has 1 aliphatic rings. The van der Waals surface area contributed by atoms with E-state index in [1.807, 2.05) is 0 Å². The molecule has 4 nitrogen and oxygen atoms in total. The Morgan fingerprint density at radius 3 is 2.63 bits per heavy atom. The molecular weight excluding hydrogens is 250 g/mol. The topological polar surface area (TPSA) is 42.7 Å². The van der Waals surface area contributed by atoms with Gasteiger partial charge in [-0.2, -0.15) is 5.10 Å². The minimum Gasteiger partial charge on any atom is -0.307 e. The lowest BCUT2D eigenvalue weighted by molar-refractivity contribution is 0.561. The molecule has 0 spiro atoms. The number of benzene rings is 1. The van der Waals surface area contributed by atoms with E-state index < -0.39 is 11.6 Å². The quantitative estimate of drug-likeness (QED) is 0.896. The van der Waals surface area contributed by atoms with Crippen LogP contribution in [0.1, 0.15) is 24.2 Å². The average molecular weight is 264 g/mol. The predicted octanol–water partition coefficient (Wildman–Crippen LogP) is 1.86. The second-order valence-corrected chi connectivity index (χ2v) is 4.77. The highest BCUT2D eigenvalue weighted by Crippen LogP contribution is 2.19. The summed E-state index contributed by atoms with van der Waals surface area (Å²) in [6.45, 7) is 0.943. The lowest BCUT2D eigenvalue weighted by Gasteiger charge is -2.07. The average Bonchev–Trinajstić information content (AvgIpc) is 3.07. The molecule has 0 aliphatic heterocycles. The van der Waals surface area contributed by atoms with Gasteiger partial charge in [0.15, 0.2) is 0 Å². The zero-order chi connectivity index (χ0) is 13.2. The first-order valence-corrected chi connectivity index (χ1v) is 6.26. The van der Waals surface area contributed by atoms with Crippen LogP contribution in [0.5, 0.6) is 0 Å². The van der Waals surface area contributed by atoms with E-state index in [9.17, 15) is 8.78 Å². The Morgan fingerprint density at radius 2 is 1.95 bits per heavy atom. The molecule has 1 saturated carbocycles. The number of hydrogen-bond donors (Lipinski definition) is 1. The van der Waals surface area contributed by atoms with E-state index in [-0.39, 0.29) is 0 Å². The van der Waals surface area contributed by atoms with Crippen LogP contribution in [0.2, 0.25) is 0 Å². The number of aromatic nitrogens is 3. The normalized spacial score (nSPS) is 14.8. The summed E-state index contributed by atoms with van der Waals surface area (Å²) in [7, 11) is 0. The molecule has 1 aliphatic carbocycles. The van der Waals surface area contributed by atoms with Crippen LogP contribution in [0.4, 0.5) is 8.78 Å². The molecule has 19 heavy (non-hydrogen) atoms. The van der Waals surface area contributed by atoms with E-state index in [0.717, 1.165) is 11.9 Å². The van der Waals surface area contributed by atoms with Crippen molar-refractivity contribution in [3.8, 4) is 0 Å². The first kappa shape index (κ1) is 12.2. The summed E-state index contributed by atoms with van der Waals surface area (Å²) < 4.78 is 27.9. The van der Waals surface area contributed by atoms with E-state index in [4.69, 9.17) is 0 Å². The van der Waals surface area contributed by atoms with E-state index >= 15 is 0 Å². The lowest BCUT2D eigenvalue weighted by Crippen LogP contribution is -2.19. The van der Waals surface area contributed by atoms with Crippen LogP contribution in [0.3, 0.4) is 0 Å². The Labute approximate surface area is 109 Å². The molecule has 0 saturated heterocycles. The summed E-state index contributed by atoms with van der Waals surface area (Å²) >= 11 is 0. The summed E-state index contributed by atoms with van der Waals surface area (Å²) in [5.41, 5.74) is 0.538. The van der Waals surface area contributed by atoms with Crippen molar-refractivity contribution >= 4 is 0 Å². The third-order valence-electron chi connectivity index (χ3n) is 3.08. The van der Waals surface area contributed by atoms with Gasteiger partial charge in [0.05, 0.1) is 13.1 Å². The SMILES string of the molecule is Fc1cc(F)cc(Cn2ncnc2CNC2CC2)c1. The van der Waals surface area contributed by atoms with Crippen LogP contribution in [0.25, 0.3) is 0 Å². The fourth-order valence-corrected chi connectivity index (χ4v) is 1.96. The molecule has 1 aromatic carbocycles. The molecule has 1 aromatic heterocycles. The maximum absolute atomic E-state index is 13.1. The summed E-state index contributed by atoms with van der Waals surface area (Å²) in [5.74, 6) is -0.378. The molecule has 100 valence electrons. The number of hydrogen-bond acceptors (Lipinski definition) is 3. The Kier molecular flexibility index (Phi) is 3.25.